The van der Waals surface area contributed by atoms with Crippen molar-refractivity contribution in [3.8, 4) is 0 Å². The summed E-state index contributed by atoms with van der Waals surface area (Å²) < 4.78 is 1.74. The molecule has 1 aromatic rings. The first-order valence-corrected chi connectivity index (χ1v) is 4.61. The summed E-state index contributed by atoms with van der Waals surface area (Å²) in [6, 6.07) is 0.462. The van der Waals surface area contributed by atoms with Crippen molar-refractivity contribution in [2.24, 2.45) is 7.05 Å². The fourth-order valence-electron chi connectivity index (χ4n) is 1.32. The van der Waals surface area contributed by atoms with Crippen LogP contribution < -0.4 is 4.81 Å². The quantitative estimate of drug-likeness (QED) is 0.692. The first-order valence-electron chi connectivity index (χ1n) is 4.61. The summed E-state index contributed by atoms with van der Waals surface area (Å²) in [5.74, 6) is 0.824. The number of hydrogen-bond acceptors (Lipinski definition) is 4. The Morgan fingerprint density at radius 3 is 2.53 bits per heavy atom. The summed E-state index contributed by atoms with van der Waals surface area (Å²) >= 11 is 0. The Kier molecular flexibility index (Phi) is 3.93. The number of hydrogen-bond donors (Lipinski definition) is 0. The topological polar surface area (TPSA) is 37.2 Å². The number of anilines is 1. The van der Waals surface area contributed by atoms with Crippen molar-refractivity contribution in [3.63, 3.8) is 0 Å². The molecule has 1 aliphatic rings. The summed E-state index contributed by atoms with van der Waals surface area (Å²) in [7, 11) is 3.89. The molecule has 0 saturated heterocycles. The summed E-state index contributed by atoms with van der Waals surface area (Å²) in [5, 5.41) is 4.02. The molecule has 0 N–H and O–H groups in total. The van der Waals surface area contributed by atoms with Crippen molar-refractivity contribution < 1.29 is 20.1 Å². The fraction of sp³-hybridized carbons (Fsp3) is 0.500. The van der Waals surface area contributed by atoms with Gasteiger partial charge in [0.1, 0.15) is 6.33 Å². The Balaban J connectivity index is 0.00000112. The van der Waals surface area contributed by atoms with Gasteiger partial charge in [0.05, 0.1) is 0 Å². The van der Waals surface area contributed by atoms with E-state index in [9.17, 15) is 0 Å². The molecule has 0 aliphatic carbocycles. The minimum absolute atomic E-state index is 0. The zero-order chi connectivity index (χ0) is 10.1. The van der Waals surface area contributed by atoms with Crippen LogP contribution in [0.25, 0.3) is 0 Å². The van der Waals surface area contributed by atoms with Gasteiger partial charge in [-0.25, -0.2) is 9.67 Å². The SMILES string of the molecule is CC(C)N1[B]N(c2ncnn2C)C=C1.[Ir]. The molecule has 1 aliphatic heterocycles. The molecule has 1 aromatic heterocycles. The van der Waals surface area contributed by atoms with Crippen LogP contribution >= 0.6 is 0 Å². The van der Waals surface area contributed by atoms with E-state index in [1.165, 1.54) is 0 Å². The Morgan fingerprint density at radius 1 is 1.33 bits per heavy atom. The van der Waals surface area contributed by atoms with Gasteiger partial charge in [-0.05, 0) is 13.8 Å². The standard InChI is InChI=1S/C8H13BN5.Ir/c1-7(2)13-4-5-14(9-13)8-10-6-11-12(8)3;/h4-7H,1-3H3;. The minimum Gasteiger partial charge on any atom is -0.401 e. The molecule has 82 valence electrons. The molecule has 0 saturated carbocycles. The van der Waals surface area contributed by atoms with Crippen molar-refractivity contribution >= 4 is 13.5 Å². The van der Waals surface area contributed by atoms with Crippen molar-refractivity contribution in [3.05, 3.63) is 18.7 Å². The van der Waals surface area contributed by atoms with Crippen molar-refractivity contribution in [1.29, 1.82) is 0 Å². The molecule has 7 heteroatoms. The second kappa shape index (κ2) is 4.81. The van der Waals surface area contributed by atoms with Crippen LogP contribution in [0.5, 0.6) is 0 Å². The van der Waals surface area contributed by atoms with Gasteiger partial charge in [0.25, 0.3) is 0 Å². The second-order valence-corrected chi connectivity index (χ2v) is 3.55. The van der Waals surface area contributed by atoms with E-state index in [2.05, 4.69) is 28.7 Å². The van der Waals surface area contributed by atoms with E-state index in [0.717, 1.165) is 5.95 Å². The van der Waals surface area contributed by atoms with Crippen molar-refractivity contribution in [1.82, 2.24) is 19.6 Å². The molecular weight excluding hydrogens is 369 g/mol. The largest absolute Gasteiger partial charge is 0.401 e. The van der Waals surface area contributed by atoms with Crippen molar-refractivity contribution in [2.45, 2.75) is 19.9 Å². The van der Waals surface area contributed by atoms with Crippen LogP contribution in [0.3, 0.4) is 0 Å². The monoisotopic (exact) mass is 383 g/mol. The summed E-state index contributed by atoms with van der Waals surface area (Å²) in [6.45, 7) is 4.28. The minimum atomic E-state index is 0. The van der Waals surface area contributed by atoms with Crippen LogP contribution in [0.4, 0.5) is 5.95 Å². The summed E-state index contributed by atoms with van der Waals surface area (Å²) in [4.78, 5) is 8.23. The second-order valence-electron chi connectivity index (χ2n) is 3.55. The first-order chi connectivity index (χ1) is 6.68. The molecule has 0 spiro atoms. The van der Waals surface area contributed by atoms with Gasteiger partial charge in [-0.3, -0.25) is 0 Å². The van der Waals surface area contributed by atoms with E-state index >= 15 is 0 Å². The zero-order valence-corrected chi connectivity index (χ0v) is 11.4. The van der Waals surface area contributed by atoms with Gasteiger partial charge in [0.2, 0.25) is 5.95 Å². The third kappa shape index (κ3) is 2.41. The van der Waals surface area contributed by atoms with Gasteiger partial charge in [-0.2, -0.15) is 5.10 Å². The van der Waals surface area contributed by atoms with Gasteiger partial charge < -0.3 is 9.62 Å². The van der Waals surface area contributed by atoms with Crippen LogP contribution in [0.15, 0.2) is 18.7 Å². The van der Waals surface area contributed by atoms with Gasteiger partial charge in [-0.1, -0.05) is 0 Å². The van der Waals surface area contributed by atoms with Crippen LogP contribution in [-0.2, 0) is 27.2 Å². The molecule has 2 heterocycles. The Morgan fingerprint density at radius 2 is 2.07 bits per heavy atom. The smallest absolute Gasteiger partial charge is 0.398 e. The van der Waals surface area contributed by atoms with Crippen LogP contribution in [0.1, 0.15) is 13.8 Å². The number of aromatic nitrogens is 3. The maximum atomic E-state index is 4.16. The van der Waals surface area contributed by atoms with Crippen LogP contribution in [-0.4, -0.2) is 33.2 Å². The zero-order valence-electron chi connectivity index (χ0n) is 8.96. The third-order valence-electron chi connectivity index (χ3n) is 2.17. The Labute approximate surface area is 104 Å². The van der Waals surface area contributed by atoms with E-state index in [-0.39, 0.29) is 20.1 Å². The number of rotatable bonds is 2. The predicted octanol–water partition coefficient (Wildman–Crippen LogP) is 0.348. The molecule has 2 radical (unpaired) electrons. The van der Waals surface area contributed by atoms with E-state index in [4.69, 9.17) is 0 Å². The molecule has 0 aromatic carbocycles. The Bertz CT molecular complexity index is 351. The number of nitrogens with zero attached hydrogens (tertiary/aromatic N) is 5. The molecule has 5 nitrogen and oxygen atoms in total. The summed E-state index contributed by atoms with van der Waals surface area (Å²) in [5.41, 5.74) is 0. The van der Waals surface area contributed by atoms with E-state index in [1.807, 2.05) is 31.8 Å². The maximum absolute atomic E-state index is 4.16. The molecule has 0 unspecified atom stereocenters. The molecule has 0 amide bonds. The molecule has 0 fully saturated rings. The van der Waals surface area contributed by atoms with Gasteiger partial charge in [0, 0.05) is 45.6 Å². The molecule has 0 bridgehead atoms. The Hall–Kier alpha value is -0.806. The van der Waals surface area contributed by atoms with E-state index in [0.29, 0.717) is 6.04 Å². The van der Waals surface area contributed by atoms with Crippen LogP contribution in [0, 0.1) is 0 Å². The average Bonchev–Trinajstić information content (AvgIpc) is 2.71. The van der Waals surface area contributed by atoms with E-state index < -0.39 is 0 Å². The van der Waals surface area contributed by atoms with Gasteiger partial charge in [-0.15, -0.1) is 0 Å². The van der Waals surface area contributed by atoms with E-state index in [1.54, 1.807) is 11.0 Å². The number of aryl methyl sites for hydroxylation is 1. The molecule has 2 rings (SSSR count). The van der Waals surface area contributed by atoms with Gasteiger partial charge in [0.15, 0.2) is 0 Å². The molecule has 15 heavy (non-hydrogen) atoms. The summed E-state index contributed by atoms with van der Waals surface area (Å²) in [6.07, 6.45) is 5.55. The predicted molar refractivity (Wildman–Crippen MR) is 55.4 cm³/mol. The third-order valence-corrected chi connectivity index (χ3v) is 2.17. The van der Waals surface area contributed by atoms with Crippen LogP contribution in [0.2, 0.25) is 0 Å². The maximum Gasteiger partial charge on any atom is 0.398 e. The van der Waals surface area contributed by atoms with Gasteiger partial charge >= 0.3 is 7.55 Å². The molecule has 0 atom stereocenters. The average molecular weight is 382 g/mol. The van der Waals surface area contributed by atoms with Crippen molar-refractivity contribution in [2.75, 3.05) is 4.81 Å². The fourth-order valence-corrected chi connectivity index (χ4v) is 1.32. The normalized spacial score (nSPS) is 14.4. The molecular formula is C8H13BIrN5. The first kappa shape index (κ1) is 12.3.